The molecule has 10 nitrogen and oxygen atoms in total. The molecule has 1 spiro atoms. The average molecular weight is 594 g/mol. The van der Waals surface area contributed by atoms with Crippen molar-refractivity contribution in [3.63, 3.8) is 0 Å². The first-order chi connectivity index (χ1) is 20.8. The lowest BCUT2D eigenvalue weighted by molar-refractivity contribution is -0.161. The molecule has 43 heavy (non-hydrogen) atoms. The van der Waals surface area contributed by atoms with Crippen LogP contribution in [0.2, 0.25) is 0 Å². The van der Waals surface area contributed by atoms with Gasteiger partial charge >= 0.3 is 5.97 Å². The number of fused-ring (bicyclic) bond motifs is 2. The molecule has 1 aromatic carbocycles. The van der Waals surface area contributed by atoms with E-state index in [9.17, 15) is 24.3 Å². The molecular formula is C33H43N3O7. The molecule has 0 aliphatic carbocycles. The minimum atomic E-state index is -1.35. The van der Waals surface area contributed by atoms with E-state index in [1.807, 2.05) is 42.5 Å². The molecule has 4 aliphatic heterocycles. The van der Waals surface area contributed by atoms with Gasteiger partial charge in [-0.1, -0.05) is 68.0 Å². The molecule has 10 heteroatoms. The zero-order valence-electron chi connectivity index (χ0n) is 25.0. The number of benzene rings is 1. The van der Waals surface area contributed by atoms with Gasteiger partial charge in [0, 0.05) is 32.7 Å². The molecule has 0 aromatic heterocycles. The molecule has 2 N–H and O–H groups in total. The highest BCUT2D eigenvalue weighted by molar-refractivity contribution is 5.99. The van der Waals surface area contributed by atoms with Gasteiger partial charge < -0.3 is 29.7 Å². The third-order valence-electron chi connectivity index (χ3n) is 9.02. The van der Waals surface area contributed by atoms with Crippen LogP contribution in [0.3, 0.4) is 0 Å². The van der Waals surface area contributed by atoms with Gasteiger partial charge in [0.05, 0.1) is 18.1 Å². The van der Waals surface area contributed by atoms with E-state index in [0.717, 1.165) is 18.4 Å². The Hall–Kier alpha value is -3.50. The zero-order chi connectivity index (χ0) is 30.6. The van der Waals surface area contributed by atoms with E-state index in [2.05, 4.69) is 12.2 Å². The first kappa shape index (κ1) is 30.9. The number of allylic oxidation sites excluding steroid dienone is 1. The third-order valence-corrected chi connectivity index (χ3v) is 9.02. The van der Waals surface area contributed by atoms with E-state index >= 15 is 0 Å². The summed E-state index contributed by atoms with van der Waals surface area (Å²) in [6.45, 7) is 5.06. The van der Waals surface area contributed by atoms with E-state index in [4.69, 9.17) is 9.47 Å². The third kappa shape index (κ3) is 5.99. The average Bonchev–Trinajstić information content (AvgIpc) is 3.38. The van der Waals surface area contributed by atoms with Crippen molar-refractivity contribution in [2.75, 3.05) is 26.2 Å². The van der Waals surface area contributed by atoms with Crippen LogP contribution in [0, 0.1) is 11.8 Å². The Morgan fingerprint density at radius 3 is 2.56 bits per heavy atom. The largest absolute Gasteiger partial charge is 0.455 e. The summed E-state index contributed by atoms with van der Waals surface area (Å²) >= 11 is 0. The summed E-state index contributed by atoms with van der Waals surface area (Å²) in [5.41, 5.74) is -0.631. The SMILES string of the molecule is CCCCN1CC=C[C@@]23O[C@H]4/C=C\CCC(=O)N[C@@H](C)[C@H](c5ccccc5)OC(=O)[C@H]4[C@@H]2C(=O)N(CCCCO)[C@H]3C1=O. The molecule has 5 rings (SSSR count). The van der Waals surface area contributed by atoms with Crippen LogP contribution in [-0.4, -0.2) is 88.6 Å². The number of likely N-dealkylation sites (tertiary alicyclic amines) is 1. The highest BCUT2D eigenvalue weighted by atomic mass is 16.6. The highest BCUT2D eigenvalue weighted by Crippen LogP contribution is 2.53. The fourth-order valence-electron chi connectivity index (χ4n) is 6.94. The van der Waals surface area contributed by atoms with Crippen LogP contribution in [-0.2, 0) is 28.7 Å². The number of nitrogens with one attached hydrogen (secondary N) is 1. The molecule has 0 unspecified atom stereocenters. The Labute approximate surface area is 253 Å². The van der Waals surface area contributed by atoms with Gasteiger partial charge in [-0.3, -0.25) is 19.2 Å². The van der Waals surface area contributed by atoms with Crippen LogP contribution < -0.4 is 5.32 Å². The van der Waals surface area contributed by atoms with Gasteiger partial charge in [0.1, 0.15) is 23.7 Å². The van der Waals surface area contributed by atoms with Gasteiger partial charge in [-0.15, -0.1) is 0 Å². The molecule has 4 heterocycles. The Balaban J connectivity index is 1.57. The Kier molecular flexibility index (Phi) is 9.66. The number of carbonyl (C=O) groups excluding carboxylic acids is 4. The van der Waals surface area contributed by atoms with Crippen molar-refractivity contribution in [1.29, 1.82) is 0 Å². The predicted molar refractivity (Wildman–Crippen MR) is 158 cm³/mol. The minimum absolute atomic E-state index is 0.0222. The highest BCUT2D eigenvalue weighted by Gasteiger charge is 2.71. The summed E-state index contributed by atoms with van der Waals surface area (Å²) in [6, 6.07) is 7.77. The monoisotopic (exact) mass is 593 g/mol. The van der Waals surface area contributed by atoms with Crippen molar-refractivity contribution in [2.24, 2.45) is 11.8 Å². The number of ether oxygens (including phenoxy) is 2. The predicted octanol–water partition coefficient (Wildman–Crippen LogP) is 2.68. The number of esters is 1. The fraction of sp³-hybridized carbons (Fsp3) is 0.576. The Morgan fingerprint density at radius 2 is 1.81 bits per heavy atom. The molecule has 3 amide bonds. The number of nitrogens with zero attached hydrogens (tertiary/aromatic N) is 2. The maximum Gasteiger partial charge on any atom is 0.313 e. The fourth-order valence-corrected chi connectivity index (χ4v) is 6.94. The van der Waals surface area contributed by atoms with Crippen molar-refractivity contribution in [3.8, 4) is 0 Å². The molecule has 2 saturated heterocycles. The second-order valence-electron chi connectivity index (χ2n) is 11.9. The van der Waals surface area contributed by atoms with Crippen molar-refractivity contribution in [3.05, 3.63) is 60.2 Å². The maximum atomic E-state index is 14.3. The van der Waals surface area contributed by atoms with Gasteiger partial charge in [0.25, 0.3) is 0 Å². The lowest BCUT2D eigenvalue weighted by Crippen LogP contribution is -2.55. The lowest BCUT2D eigenvalue weighted by atomic mass is 9.77. The quantitative estimate of drug-likeness (QED) is 0.270. The van der Waals surface area contributed by atoms with Gasteiger partial charge in [0.2, 0.25) is 17.7 Å². The topological polar surface area (TPSA) is 125 Å². The Morgan fingerprint density at radius 1 is 1.02 bits per heavy atom. The Bertz CT molecular complexity index is 1250. The smallest absolute Gasteiger partial charge is 0.313 e. The van der Waals surface area contributed by atoms with Crippen molar-refractivity contribution < 1.29 is 33.8 Å². The van der Waals surface area contributed by atoms with E-state index in [0.29, 0.717) is 32.4 Å². The second-order valence-corrected chi connectivity index (χ2v) is 11.9. The number of hydrogen-bond acceptors (Lipinski definition) is 7. The summed E-state index contributed by atoms with van der Waals surface area (Å²) < 4.78 is 12.9. The zero-order valence-corrected chi connectivity index (χ0v) is 25.0. The molecule has 2 fully saturated rings. The second kappa shape index (κ2) is 13.4. The van der Waals surface area contributed by atoms with Crippen LogP contribution in [0.25, 0.3) is 0 Å². The van der Waals surface area contributed by atoms with E-state index < -0.39 is 47.7 Å². The minimum Gasteiger partial charge on any atom is -0.455 e. The number of carbonyl (C=O) groups is 4. The molecule has 0 saturated carbocycles. The van der Waals surface area contributed by atoms with Gasteiger partial charge in [-0.05, 0) is 38.2 Å². The molecule has 0 radical (unpaired) electrons. The standard InChI is InChI=1S/C33H43N3O7/c1-3-4-18-35-19-12-17-33-27(30(39)36(20-10-11-21-37)29(33)31(35)40)26-24(43-33)15-8-9-16-25(38)34-22(2)28(42-32(26)41)23-13-6-5-7-14-23/h5-8,12-15,17,22,24,26-29,37H,3-4,9-11,16,18-21H2,1-2H3,(H,34,38)/b15-8-/t22-,24-,26+,27+,28+,29-,33+/m0/s1. The van der Waals surface area contributed by atoms with Crippen LogP contribution in [0.4, 0.5) is 0 Å². The number of aliphatic hydroxyl groups is 1. The van der Waals surface area contributed by atoms with Crippen LogP contribution in [0.1, 0.15) is 64.0 Å². The molecular weight excluding hydrogens is 550 g/mol. The van der Waals surface area contributed by atoms with Gasteiger partial charge in [-0.25, -0.2) is 0 Å². The first-order valence-electron chi connectivity index (χ1n) is 15.6. The molecule has 4 aliphatic rings. The normalized spacial score (nSPS) is 33.5. The van der Waals surface area contributed by atoms with Crippen LogP contribution >= 0.6 is 0 Å². The first-order valence-corrected chi connectivity index (χ1v) is 15.6. The maximum absolute atomic E-state index is 14.3. The van der Waals surface area contributed by atoms with Crippen LogP contribution in [0.15, 0.2) is 54.6 Å². The van der Waals surface area contributed by atoms with Gasteiger partial charge in [0.15, 0.2) is 0 Å². The summed E-state index contributed by atoms with van der Waals surface area (Å²) in [6.07, 6.45) is 9.05. The number of unbranched alkanes of at least 4 members (excludes halogenated alkanes) is 2. The van der Waals surface area contributed by atoms with E-state index in [1.165, 1.54) is 0 Å². The number of amides is 3. The molecule has 7 atom stereocenters. The number of aliphatic hydroxyl groups excluding tert-OH is 1. The summed E-state index contributed by atoms with van der Waals surface area (Å²) in [7, 11) is 0. The van der Waals surface area contributed by atoms with Crippen molar-refractivity contribution >= 4 is 23.7 Å². The van der Waals surface area contributed by atoms with E-state index in [1.54, 1.807) is 28.9 Å². The number of hydrogen-bond donors (Lipinski definition) is 2. The van der Waals surface area contributed by atoms with E-state index in [-0.39, 0.29) is 37.3 Å². The van der Waals surface area contributed by atoms with Crippen LogP contribution in [0.5, 0.6) is 0 Å². The lowest BCUT2D eigenvalue weighted by Gasteiger charge is -2.35. The van der Waals surface area contributed by atoms with Gasteiger partial charge in [-0.2, -0.15) is 0 Å². The number of cyclic esters (lactones) is 1. The molecule has 232 valence electrons. The summed E-state index contributed by atoms with van der Waals surface area (Å²) in [5, 5.41) is 12.4. The van der Waals surface area contributed by atoms with Crippen molar-refractivity contribution in [2.45, 2.75) is 82.3 Å². The molecule has 1 aromatic rings. The summed E-state index contributed by atoms with van der Waals surface area (Å²) in [4.78, 5) is 58.8. The number of rotatable bonds is 8. The van der Waals surface area contributed by atoms with Crippen molar-refractivity contribution in [1.82, 2.24) is 15.1 Å². The molecule has 0 bridgehead atoms. The summed E-state index contributed by atoms with van der Waals surface area (Å²) in [5.74, 6) is -3.25.